The van der Waals surface area contributed by atoms with E-state index in [0.29, 0.717) is 19.4 Å². The Hall–Kier alpha value is -2.18. The van der Waals surface area contributed by atoms with Crippen molar-refractivity contribution in [2.75, 3.05) is 13.2 Å². The molecule has 0 aliphatic heterocycles. The van der Waals surface area contributed by atoms with Crippen molar-refractivity contribution in [1.82, 2.24) is 5.32 Å². The van der Waals surface area contributed by atoms with E-state index < -0.39 is 12.1 Å². The fourth-order valence-corrected chi connectivity index (χ4v) is 10.7. The van der Waals surface area contributed by atoms with Gasteiger partial charge in [-0.2, -0.15) is 0 Å². The van der Waals surface area contributed by atoms with E-state index in [0.717, 1.165) is 51.4 Å². The third kappa shape index (κ3) is 63.0. The lowest BCUT2D eigenvalue weighted by Gasteiger charge is -2.20. The minimum atomic E-state index is -0.846. The van der Waals surface area contributed by atoms with E-state index in [2.05, 4.69) is 55.6 Å². The summed E-state index contributed by atoms with van der Waals surface area (Å²) >= 11 is 0. The number of aliphatic hydroxyl groups excluding tert-OH is 2. The van der Waals surface area contributed by atoms with Crippen molar-refractivity contribution in [3.63, 3.8) is 0 Å². The zero-order chi connectivity index (χ0) is 56.4. The van der Waals surface area contributed by atoms with Gasteiger partial charge in [-0.1, -0.05) is 319 Å². The Balaban J connectivity index is 3.41. The topological polar surface area (TPSA) is 95.9 Å². The minimum absolute atomic E-state index is 0.00843. The van der Waals surface area contributed by atoms with Crippen LogP contribution < -0.4 is 5.32 Å². The minimum Gasteiger partial charge on any atom is -0.466 e. The molecule has 0 aliphatic carbocycles. The third-order valence-electron chi connectivity index (χ3n) is 16.1. The van der Waals surface area contributed by atoms with Crippen LogP contribution in [0, 0.1) is 0 Å². The van der Waals surface area contributed by atoms with Crippen molar-refractivity contribution in [2.45, 2.75) is 386 Å². The van der Waals surface area contributed by atoms with Crippen molar-refractivity contribution in [1.29, 1.82) is 0 Å². The predicted octanol–water partition coefficient (Wildman–Crippen LogP) is 22.5. The monoisotopic (exact) mass is 1090 g/mol. The maximum Gasteiger partial charge on any atom is 0.305 e. The highest BCUT2D eigenvalue weighted by Gasteiger charge is 2.18. The Labute approximate surface area is 486 Å². The number of carbonyl (C=O) groups is 2. The quantitative estimate of drug-likeness (QED) is 0.0320. The molecule has 0 aromatic carbocycles. The molecule has 78 heavy (non-hydrogen) atoms. The summed E-state index contributed by atoms with van der Waals surface area (Å²) in [7, 11) is 0. The predicted molar refractivity (Wildman–Crippen MR) is 342 cm³/mol. The van der Waals surface area contributed by atoms with E-state index >= 15 is 0 Å². The summed E-state index contributed by atoms with van der Waals surface area (Å²) in [6.45, 7) is 4.92. The number of unbranched alkanes of at least 4 members (excludes halogenated alkanes) is 48. The highest BCUT2D eigenvalue weighted by atomic mass is 16.5. The summed E-state index contributed by atoms with van der Waals surface area (Å²) in [5.74, 6) is -0.0591. The van der Waals surface area contributed by atoms with E-state index in [-0.39, 0.29) is 18.5 Å². The maximum absolute atomic E-state index is 12.5. The first-order valence-electron chi connectivity index (χ1n) is 34.9. The first-order valence-corrected chi connectivity index (χ1v) is 34.9. The molecule has 458 valence electrons. The standard InChI is InChI=1S/C72H135NO5/c1-3-5-7-9-11-13-15-17-19-33-38-42-46-50-54-58-62-66-72(77)78-67-63-59-55-51-47-43-39-35-32-30-28-26-24-22-20-21-23-25-27-29-31-34-37-41-45-49-53-57-61-65-71(76)73-69(68-74)70(75)64-60-56-52-48-44-40-36-18-16-14-12-10-8-6-4-2/h17,19-20,22,26,28,60,64,69-70,74-75H,3-16,18,21,23-25,27,29-59,61-63,65-68H2,1-2H3,(H,73,76)/b19-17-,22-20-,28-26-,64-60+. The molecule has 2 unspecified atom stereocenters. The SMILES string of the molecule is CCCCCCCC/C=C\CCCCCCCCCC(=O)OCCCCCCCCCCC/C=C\C/C=C\CCCCCCCCCCCCCCCC(=O)NC(CO)C(O)/C=C/CCCCCCCCCCCCCCC. The third-order valence-corrected chi connectivity index (χ3v) is 16.1. The Morgan fingerprint density at radius 3 is 0.987 bits per heavy atom. The van der Waals surface area contributed by atoms with Crippen LogP contribution in [0.1, 0.15) is 373 Å². The molecule has 1 amide bonds. The normalized spacial score (nSPS) is 12.8. The average molecular weight is 1090 g/mol. The first kappa shape index (κ1) is 75.8. The van der Waals surface area contributed by atoms with E-state index in [1.54, 1.807) is 6.08 Å². The Kier molecular flexibility index (Phi) is 65.4. The Morgan fingerprint density at radius 2 is 0.641 bits per heavy atom. The number of amides is 1. The number of esters is 1. The van der Waals surface area contributed by atoms with Gasteiger partial charge in [0.05, 0.1) is 25.4 Å². The number of ether oxygens (including phenoxy) is 1. The van der Waals surface area contributed by atoms with Crippen LogP contribution in [0.4, 0.5) is 0 Å². The van der Waals surface area contributed by atoms with Gasteiger partial charge in [0.2, 0.25) is 5.91 Å². The fraction of sp³-hybridized carbons (Fsp3) is 0.861. The van der Waals surface area contributed by atoms with Gasteiger partial charge in [-0.3, -0.25) is 9.59 Å². The van der Waals surface area contributed by atoms with Gasteiger partial charge in [-0.15, -0.1) is 0 Å². The number of hydrogen-bond donors (Lipinski definition) is 3. The van der Waals surface area contributed by atoms with Gasteiger partial charge in [0.25, 0.3) is 0 Å². The molecule has 0 aromatic heterocycles. The molecule has 0 radical (unpaired) electrons. The summed E-state index contributed by atoms with van der Waals surface area (Å²) < 4.78 is 5.50. The van der Waals surface area contributed by atoms with Gasteiger partial charge in [0, 0.05) is 12.8 Å². The average Bonchev–Trinajstić information content (AvgIpc) is 3.44. The molecule has 6 heteroatoms. The number of aliphatic hydroxyl groups is 2. The van der Waals surface area contributed by atoms with Gasteiger partial charge < -0.3 is 20.3 Å². The van der Waals surface area contributed by atoms with E-state index in [1.807, 2.05) is 6.08 Å². The summed E-state index contributed by atoms with van der Waals surface area (Å²) in [5, 5.41) is 23.2. The van der Waals surface area contributed by atoms with Gasteiger partial charge >= 0.3 is 5.97 Å². The van der Waals surface area contributed by atoms with E-state index in [4.69, 9.17) is 4.74 Å². The molecule has 0 saturated heterocycles. The highest BCUT2D eigenvalue weighted by Crippen LogP contribution is 2.18. The molecule has 0 aromatic rings. The van der Waals surface area contributed by atoms with Crippen LogP contribution >= 0.6 is 0 Å². The van der Waals surface area contributed by atoms with Crippen LogP contribution in [0.25, 0.3) is 0 Å². The number of hydrogen-bond acceptors (Lipinski definition) is 5. The summed E-state index contributed by atoms with van der Waals surface area (Å²) in [6.07, 6.45) is 87.6. The van der Waals surface area contributed by atoms with Crippen LogP contribution in [0.3, 0.4) is 0 Å². The first-order chi connectivity index (χ1) is 38.5. The highest BCUT2D eigenvalue weighted by molar-refractivity contribution is 5.76. The van der Waals surface area contributed by atoms with Gasteiger partial charge in [-0.05, 0) is 89.9 Å². The van der Waals surface area contributed by atoms with Crippen molar-refractivity contribution in [2.24, 2.45) is 0 Å². The molecule has 0 heterocycles. The molecule has 0 rings (SSSR count). The van der Waals surface area contributed by atoms with Crippen molar-refractivity contribution < 1.29 is 24.5 Å². The lowest BCUT2D eigenvalue weighted by Crippen LogP contribution is -2.45. The summed E-state index contributed by atoms with van der Waals surface area (Å²) in [6, 6.07) is -0.629. The van der Waals surface area contributed by atoms with E-state index in [9.17, 15) is 19.8 Å². The molecule has 0 bridgehead atoms. The summed E-state index contributed by atoms with van der Waals surface area (Å²) in [4.78, 5) is 24.6. The zero-order valence-corrected chi connectivity index (χ0v) is 52.4. The van der Waals surface area contributed by atoms with Gasteiger partial charge in [-0.25, -0.2) is 0 Å². The van der Waals surface area contributed by atoms with Crippen LogP contribution in [-0.4, -0.2) is 47.4 Å². The molecular weight excluding hydrogens is 959 g/mol. The fourth-order valence-electron chi connectivity index (χ4n) is 10.7. The smallest absolute Gasteiger partial charge is 0.305 e. The molecule has 0 saturated carbocycles. The second-order valence-corrected chi connectivity index (χ2v) is 23.9. The number of nitrogens with one attached hydrogen (secondary N) is 1. The van der Waals surface area contributed by atoms with Crippen molar-refractivity contribution in [3.05, 3.63) is 48.6 Å². The number of rotatable bonds is 65. The summed E-state index contributed by atoms with van der Waals surface area (Å²) in [5.41, 5.74) is 0. The zero-order valence-electron chi connectivity index (χ0n) is 52.4. The van der Waals surface area contributed by atoms with Crippen LogP contribution in [0.2, 0.25) is 0 Å². The Bertz CT molecular complexity index is 1310. The molecular formula is C72H135NO5. The Morgan fingerprint density at radius 1 is 0.359 bits per heavy atom. The van der Waals surface area contributed by atoms with Crippen LogP contribution in [-0.2, 0) is 14.3 Å². The molecule has 0 spiro atoms. The molecule has 3 N–H and O–H groups in total. The maximum atomic E-state index is 12.5. The number of allylic oxidation sites excluding steroid dienone is 7. The lowest BCUT2D eigenvalue weighted by molar-refractivity contribution is -0.143. The van der Waals surface area contributed by atoms with Crippen LogP contribution in [0.15, 0.2) is 48.6 Å². The second kappa shape index (κ2) is 67.3. The number of carbonyl (C=O) groups excluding carboxylic acids is 2. The largest absolute Gasteiger partial charge is 0.466 e. The van der Waals surface area contributed by atoms with Gasteiger partial charge in [0.1, 0.15) is 0 Å². The lowest BCUT2D eigenvalue weighted by atomic mass is 10.0. The molecule has 0 fully saturated rings. The molecule has 6 nitrogen and oxygen atoms in total. The van der Waals surface area contributed by atoms with Gasteiger partial charge in [0.15, 0.2) is 0 Å². The molecule has 2 atom stereocenters. The van der Waals surface area contributed by atoms with Crippen molar-refractivity contribution in [3.8, 4) is 0 Å². The molecule has 0 aliphatic rings. The van der Waals surface area contributed by atoms with E-state index in [1.165, 1.54) is 295 Å². The second-order valence-electron chi connectivity index (χ2n) is 23.9. The van der Waals surface area contributed by atoms with Crippen molar-refractivity contribution >= 4 is 11.9 Å². The van der Waals surface area contributed by atoms with Crippen LogP contribution in [0.5, 0.6) is 0 Å².